The molecule has 4 aliphatic rings. The third-order valence-electron chi connectivity index (χ3n) is 9.64. The topological polar surface area (TPSA) is 33.1 Å². The van der Waals surface area contributed by atoms with E-state index in [0.29, 0.717) is 11.3 Å². The molecule has 5 rings (SSSR count). The van der Waals surface area contributed by atoms with E-state index in [2.05, 4.69) is 37.9 Å². The lowest BCUT2D eigenvalue weighted by atomic mass is 9.46. The summed E-state index contributed by atoms with van der Waals surface area (Å²) in [5.41, 5.74) is 2.51. The second-order valence-corrected chi connectivity index (χ2v) is 10.7. The molecule has 27 heavy (non-hydrogen) atoms. The van der Waals surface area contributed by atoms with Crippen molar-refractivity contribution in [3.05, 3.63) is 41.7 Å². The van der Waals surface area contributed by atoms with Gasteiger partial charge in [-0.1, -0.05) is 38.5 Å². The highest BCUT2D eigenvalue weighted by atomic mass is 16.3. The molecule has 0 saturated heterocycles. The van der Waals surface area contributed by atoms with Crippen molar-refractivity contribution in [1.82, 2.24) is 4.98 Å². The highest BCUT2D eigenvalue weighted by Gasteiger charge is 2.64. The van der Waals surface area contributed by atoms with Gasteiger partial charge >= 0.3 is 0 Å². The first-order valence-corrected chi connectivity index (χ1v) is 11.2. The van der Waals surface area contributed by atoms with Crippen molar-refractivity contribution in [3.63, 3.8) is 0 Å². The molecule has 3 fully saturated rings. The molecule has 7 atom stereocenters. The summed E-state index contributed by atoms with van der Waals surface area (Å²) in [7, 11) is 0. The van der Waals surface area contributed by atoms with Crippen LogP contribution in [0.4, 0.5) is 0 Å². The summed E-state index contributed by atoms with van der Waals surface area (Å²) in [6.07, 6.45) is 16.2. The Kier molecular flexibility index (Phi) is 3.93. The van der Waals surface area contributed by atoms with Crippen molar-refractivity contribution >= 4 is 0 Å². The minimum absolute atomic E-state index is 0.0130. The number of pyridine rings is 1. The third-order valence-corrected chi connectivity index (χ3v) is 9.64. The standard InChI is InChI=1S/C25H35NO/c1-17-8-11-23(2)18(15-17)6-7-20-21(23)9-12-24(3)22(20)10-13-25(24,27)19-5-4-14-26-16-19/h4-6,14,16-17,20-22,27H,7-13,15H2,1-3H3/t17-,20?,21?,22?,23-,24-,25?/m0/s1. The number of hydrogen-bond acceptors (Lipinski definition) is 2. The Morgan fingerprint density at radius 1 is 1.07 bits per heavy atom. The van der Waals surface area contributed by atoms with Gasteiger partial charge in [-0.25, -0.2) is 0 Å². The van der Waals surface area contributed by atoms with Crippen LogP contribution < -0.4 is 0 Å². The minimum Gasteiger partial charge on any atom is -0.385 e. The number of aromatic nitrogens is 1. The highest BCUT2D eigenvalue weighted by Crippen LogP contribution is 2.69. The SMILES string of the molecule is C[C@H]1CC[C@@]2(C)C(=CCC3C2CC[C@@]2(C)C3CCC2(O)c2cccnc2)C1. The quantitative estimate of drug-likeness (QED) is 0.632. The first-order chi connectivity index (χ1) is 12.9. The third kappa shape index (κ3) is 2.32. The minimum atomic E-state index is -0.705. The van der Waals surface area contributed by atoms with E-state index in [0.717, 1.165) is 36.2 Å². The van der Waals surface area contributed by atoms with E-state index in [1.54, 1.807) is 5.57 Å². The second-order valence-electron chi connectivity index (χ2n) is 10.7. The van der Waals surface area contributed by atoms with Crippen LogP contribution in [0.2, 0.25) is 0 Å². The lowest BCUT2D eigenvalue weighted by Gasteiger charge is -2.59. The highest BCUT2D eigenvalue weighted by molar-refractivity contribution is 5.29. The number of aliphatic hydroxyl groups is 1. The van der Waals surface area contributed by atoms with Gasteiger partial charge in [-0.05, 0) is 86.5 Å². The number of hydrogen-bond donors (Lipinski definition) is 1. The smallest absolute Gasteiger partial charge is 0.0967 e. The van der Waals surface area contributed by atoms with Gasteiger partial charge in [-0.3, -0.25) is 4.98 Å². The maximum absolute atomic E-state index is 11.9. The summed E-state index contributed by atoms with van der Waals surface area (Å²) in [6, 6.07) is 4.07. The zero-order chi connectivity index (χ0) is 18.9. The molecule has 0 amide bonds. The fraction of sp³-hybridized carbons (Fsp3) is 0.720. The summed E-state index contributed by atoms with van der Waals surface area (Å²) >= 11 is 0. The lowest BCUT2D eigenvalue weighted by Crippen LogP contribution is -2.53. The van der Waals surface area contributed by atoms with Crippen LogP contribution in [-0.2, 0) is 5.60 Å². The van der Waals surface area contributed by atoms with E-state index in [1.165, 1.54) is 38.5 Å². The van der Waals surface area contributed by atoms with Crippen molar-refractivity contribution in [3.8, 4) is 0 Å². The number of allylic oxidation sites excluding steroid dienone is 2. The molecule has 2 nitrogen and oxygen atoms in total. The fourth-order valence-corrected chi connectivity index (χ4v) is 7.94. The van der Waals surface area contributed by atoms with Crippen LogP contribution >= 0.6 is 0 Å². The van der Waals surface area contributed by atoms with Gasteiger partial charge in [0.1, 0.15) is 0 Å². The molecule has 1 heterocycles. The molecule has 0 spiro atoms. The lowest BCUT2D eigenvalue weighted by molar-refractivity contribution is -0.128. The van der Waals surface area contributed by atoms with Crippen LogP contribution in [0, 0.1) is 34.5 Å². The van der Waals surface area contributed by atoms with Crippen LogP contribution in [0.15, 0.2) is 36.2 Å². The molecule has 0 radical (unpaired) electrons. The molecule has 1 aromatic heterocycles. The van der Waals surface area contributed by atoms with E-state index < -0.39 is 5.60 Å². The van der Waals surface area contributed by atoms with Gasteiger partial charge in [-0.2, -0.15) is 0 Å². The average molecular weight is 366 g/mol. The zero-order valence-electron chi connectivity index (χ0n) is 17.2. The molecule has 0 aromatic carbocycles. The van der Waals surface area contributed by atoms with E-state index >= 15 is 0 Å². The van der Waals surface area contributed by atoms with E-state index in [4.69, 9.17) is 0 Å². The Morgan fingerprint density at radius 2 is 1.89 bits per heavy atom. The predicted octanol–water partition coefficient (Wildman–Crippen LogP) is 5.87. The maximum atomic E-state index is 11.9. The molecule has 146 valence electrons. The molecule has 4 unspecified atom stereocenters. The number of rotatable bonds is 1. The summed E-state index contributed by atoms with van der Waals surface area (Å²) in [4.78, 5) is 4.33. The first-order valence-electron chi connectivity index (χ1n) is 11.2. The monoisotopic (exact) mass is 365 g/mol. The normalized spacial score (nSPS) is 49.0. The van der Waals surface area contributed by atoms with Crippen molar-refractivity contribution in [2.75, 3.05) is 0 Å². The van der Waals surface area contributed by atoms with Crippen molar-refractivity contribution in [2.24, 2.45) is 34.5 Å². The predicted molar refractivity (Wildman–Crippen MR) is 109 cm³/mol. The van der Waals surface area contributed by atoms with Gasteiger partial charge < -0.3 is 5.11 Å². The summed E-state index contributed by atoms with van der Waals surface area (Å²) in [5.74, 6) is 3.06. The van der Waals surface area contributed by atoms with E-state index in [-0.39, 0.29) is 5.41 Å². The molecule has 2 heteroatoms. The van der Waals surface area contributed by atoms with Crippen LogP contribution in [0.25, 0.3) is 0 Å². The maximum Gasteiger partial charge on any atom is 0.0967 e. The summed E-state index contributed by atoms with van der Waals surface area (Å²) in [6.45, 7) is 7.39. The van der Waals surface area contributed by atoms with E-state index in [9.17, 15) is 5.11 Å². The molecule has 1 N–H and O–H groups in total. The Labute approximate surface area is 164 Å². The number of fused-ring (bicyclic) bond motifs is 5. The second kappa shape index (κ2) is 5.92. The van der Waals surface area contributed by atoms with Gasteiger partial charge in [0.2, 0.25) is 0 Å². The average Bonchev–Trinajstić information content (AvgIpc) is 2.95. The van der Waals surface area contributed by atoms with Gasteiger partial charge in [0, 0.05) is 23.4 Å². The summed E-state index contributed by atoms with van der Waals surface area (Å²) < 4.78 is 0. The molecule has 1 aromatic rings. The van der Waals surface area contributed by atoms with Gasteiger partial charge in [0.25, 0.3) is 0 Å². The van der Waals surface area contributed by atoms with Crippen LogP contribution in [-0.4, -0.2) is 10.1 Å². The first kappa shape index (κ1) is 17.9. The molecular weight excluding hydrogens is 330 g/mol. The van der Waals surface area contributed by atoms with E-state index in [1.807, 2.05) is 18.5 Å². The van der Waals surface area contributed by atoms with Gasteiger partial charge in [0.15, 0.2) is 0 Å². The Morgan fingerprint density at radius 3 is 2.67 bits per heavy atom. The number of nitrogens with zero attached hydrogens (tertiary/aromatic N) is 1. The Bertz CT molecular complexity index is 757. The largest absolute Gasteiger partial charge is 0.385 e. The Balaban J connectivity index is 1.51. The van der Waals surface area contributed by atoms with Crippen LogP contribution in [0.1, 0.15) is 77.7 Å². The fourth-order valence-electron chi connectivity index (χ4n) is 7.94. The molecule has 3 saturated carbocycles. The molecular formula is C25H35NO. The molecule has 4 aliphatic carbocycles. The zero-order valence-corrected chi connectivity index (χ0v) is 17.2. The van der Waals surface area contributed by atoms with Gasteiger partial charge in [-0.15, -0.1) is 0 Å². The molecule has 0 bridgehead atoms. The van der Waals surface area contributed by atoms with Crippen molar-refractivity contribution in [1.29, 1.82) is 0 Å². The van der Waals surface area contributed by atoms with Crippen molar-refractivity contribution < 1.29 is 5.11 Å². The van der Waals surface area contributed by atoms with Gasteiger partial charge in [0.05, 0.1) is 5.60 Å². The molecule has 0 aliphatic heterocycles. The Hall–Kier alpha value is -1.15. The van der Waals surface area contributed by atoms with Crippen molar-refractivity contribution in [2.45, 2.75) is 77.7 Å². The van der Waals surface area contributed by atoms with Crippen LogP contribution in [0.5, 0.6) is 0 Å². The summed E-state index contributed by atoms with van der Waals surface area (Å²) in [5, 5.41) is 11.9. The van der Waals surface area contributed by atoms with Crippen LogP contribution in [0.3, 0.4) is 0 Å².